The Labute approximate surface area is 168 Å². The molecule has 0 aliphatic carbocycles. The molecule has 27 heavy (non-hydrogen) atoms. The maximum absolute atomic E-state index is 6.25. The number of hydrogen-bond acceptors (Lipinski definition) is 5. The molecule has 1 aromatic heterocycles. The molecule has 0 aliphatic rings. The molecule has 0 saturated carbocycles. The molecule has 0 atom stereocenters. The van der Waals surface area contributed by atoms with Gasteiger partial charge in [0.15, 0.2) is 5.16 Å². The average Bonchev–Trinajstić information content (AvgIpc) is 2.67. The molecular formula is C21H21ClN2O2S. The number of nitrogens with zero attached hydrogens (tertiary/aromatic N) is 2. The van der Waals surface area contributed by atoms with Crippen molar-refractivity contribution in [2.45, 2.75) is 30.7 Å². The minimum absolute atomic E-state index is 0.264. The molecular weight excluding hydrogens is 380 g/mol. The van der Waals surface area contributed by atoms with Gasteiger partial charge in [-0.2, -0.15) is 4.98 Å². The quantitative estimate of drug-likeness (QED) is 0.341. The molecule has 140 valence electrons. The number of hydrogen-bond donors (Lipinski definition) is 0. The molecule has 0 fully saturated rings. The van der Waals surface area contributed by atoms with Gasteiger partial charge in [0.05, 0.1) is 12.8 Å². The van der Waals surface area contributed by atoms with E-state index in [1.165, 1.54) is 0 Å². The van der Waals surface area contributed by atoms with Gasteiger partial charge in [-0.25, -0.2) is 4.98 Å². The highest BCUT2D eigenvalue weighted by atomic mass is 35.5. The molecule has 0 saturated heterocycles. The zero-order chi connectivity index (χ0) is 19.2. The first-order chi connectivity index (χ1) is 13.0. The van der Waals surface area contributed by atoms with Crippen LogP contribution in [-0.4, -0.2) is 17.1 Å². The zero-order valence-electron chi connectivity index (χ0n) is 15.5. The Morgan fingerprint density at radius 1 is 1.00 bits per heavy atom. The van der Waals surface area contributed by atoms with E-state index in [-0.39, 0.29) is 5.92 Å². The second kappa shape index (κ2) is 9.11. The summed E-state index contributed by atoms with van der Waals surface area (Å²) in [7, 11) is 1.63. The number of methoxy groups -OCH3 is 1. The molecule has 1 heterocycles. The number of ether oxygens (including phenoxy) is 2. The monoisotopic (exact) mass is 400 g/mol. The second-order valence-electron chi connectivity index (χ2n) is 6.23. The van der Waals surface area contributed by atoms with Crippen LogP contribution in [0.5, 0.6) is 17.4 Å². The van der Waals surface area contributed by atoms with Crippen LogP contribution in [0, 0.1) is 0 Å². The van der Waals surface area contributed by atoms with Crippen LogP contribution < -0.4 is 9.47 Å². The average molecular weight is 401 g/mol. The predicted molar refractivity (Wildman–Crippen MR) is 110 cm³/mol. The van der Waals surface area contributed by atoms with Gasteiger partial charge in [-0.3, -0.25) is 0 Å². The minimum Gasteiger partial charge on any atom is -0.497 e. The van der Waals surface area contributed by atoms with E-state index in [0.717, 1.165) is 22.0 Å². The summed E-state index contributed by atoms with van der Waals surface area (Å²) in [5.74, 6) is 2.88. The maximum atomic E-state index is 6.25. The van der Waals surface area contributed by atoms with Gasteiger partial charge in [0.2, 0.25) is 5.88 Å². The van der Waals surface area contributed by atoms with E-state index < -0.39 is 0 Å². The molecule has 0 aliphatic heterocycles. The SMILES string of the molecule is COc1cccc(Oc2cc(C(C)C)nc(SCc3ccccc3Cl)n2)c1. The lowest BCUT2D eigenvalue weighted by molar-refractivity contribution is 0.406. The fraction of sp³-hybridized carbons (Fsp3) is 0.238. The van der Waals surface area contributed by atoms with Crippen LogP contribution in [0.1, 0.15) is 31.0 Å². The van der Waals surface area contributed by atoms with Gasteiger partial charge in [0, 0.05) is 22.9 Å². The van der Waals surface area contributed by atoms with Crippen LogP contribution in [0.25, 0.3) is 0 Å². The second-order valence-corrected chi connectivity index (χ2v) is 7.58. The summed E-state index contributed by atoms with van der Waals surface area (Å²) in [5.41, 5.74) is 1.99. The number of halogens is 1. The number of thioether (sulfide) groups is 1. The topological polar surface area (TPSA) is 44.2 Å². The molecule has 3 rings (SSSR count). The highest BCUT2D eigenvalue weighted by Gasteiger charge is 2.11. The summed E-state index contributed by atoms with van der Waals surface area (Å²) in [5, 5.41) is 1.41. The molecule has 3 aromatic rings. The number of rotatable bonds is 7. The van der Waals surface area contributed by atoms with Gasteiger partial charge in [-0.05, 0) is 29.7 Å². The number of benzene rings is 2. The third-order valence-corrected chi connectivity index (χ3v) is 5.14. The molecule has 0 spiro atoms. The fourth-order valence-corrected chi connectivity index (χ4v) is 3.52. The van der Waals surface area contributed by atoms with Crippen molar-refractivity contribution in [2.24, 2.45) is 0 Å². The fourth-order valence-electron chi connectivity index (χ4n) is 2.38. The Morgan fingerprint density at radius 3 is 2.52 bits per heavy atom. The summed E-state index contributed by atoms with van der Waals surface area (Å²) in [4.78, 5) is 9.21. The molecule has 0 bridgehead atoms. The van der Waals surface area contributed by atoms with Gasteiger partial charge in [-0.1, -0.05) is 61.5 Å². The van der Waals surface area contributed by atoms with E-state index >= 15 is 0 Å². The Balaban J connectivity index is 1.82. The minimum atomic E-state index is 0.264. The third kappa shape index (κ3) is 5.37. The third-order valence-electron chi connectivity index (χ3n) is 3.87. The van der Waals surface area contributed by atoms with Gasteiger partial charge in [0.1, 0.15) is 11.5 Å². The Hall–Kier alpha value is -2.24. The standard InChI is InChI=1S/C21H21ClN2O2S/c1-14(2)19-12-20(26-17-9-6-8-16(11-17)25-3)24-21(23-19)27-13-15-7-4-5-10-18(15)22/h4-12,14H,13H2,1-3H3. The van der Waals surface area contributed by atoms with Crippen molar-refractivity contribution >= 4 is 23.4 Å². The zero-order valence-corrected chi connectivity index (χ0v) is 17.1. The highest BCUT2D eigenvalue weighted by molar-refractivity contribution is 7.98. The first-order valence-electron chi connectivity index (χ1n) is 8.62. The van der Waals surface area contributed by atoms with E-state index in [1.807, 2.05) is 54.6 Å². The summed E-state index contributed by atoms with van der Waals surface area (Å²) >= 11 is 7.79. The lowest BCUT2D eigenvalue weighted by Crippen LogP contribution is -2.00. The van der Waals surface area contributed by atoms with E-state index in [2.05, 4.69) is 23.8 Å². The van der Waals surface area contributed by atoms with Crippen LogP contribution in [0.2, 0.25) is 5.02 Å². The largest absolute Gasteiger partial charge is 0.497 e. The van der Waals surface area contributed by atoms with Crippen molar-refractivity contribution < 1.29 is 9.47 Å². The lowest BCUT2D eigenvalue weighted by Gasteiger charge is -2.12. The molecule has 2 aromatic carbocycles. The molecule has 4 nitrogen and oxygen atoms in total. The molecule has 0 amide bonds. The Kier molecular flexibility index (Phi) is 6.58. The summed E-state index contributed by atoms with van der Waals surface area (Å²) < 4.78 is 11.2. The summed E-state index contributed by atoms with van der Waals surface area (Å²) in [6.07, 6.45) is 0. The maximum Gasteiger partial charge on any atom is 0.223 e. The molecule has 0 radical (unpaired) electrons. The van der Waals surface area contributed by atoms with Crippen molar-refractivity contribution in [3.63, 3.8) is 0 Å². The van der Waals surface area contributed by atoms with Crippen LogP contribution in [-0.2, 0) is 5.75 Å². The van der Waals surface area contributed by atoms with E-state index in [4.69, 9.17) is 21.1 Å². The van der Waals surface area contributed by atoms with Gasteiger partial charge in [0.25, 0.3) is 0 Å². The molecule has 6 heteroatoms. The van der Waals surface area contributed by atoms with Crippen molar-refractivity contribution in [3.05, 3.63) is 70.9 Å². The van der Waals surface area contributed by atoms with Crippen molar-refractivity contribution in [1.82, 2.24) is 9.97 Å². The predicted octanol–water partition coefficient (Wildman–Crippen LogP) is 6.35. The van der Waals surface area contributed by atoms with Crippen LogP contribution in [0.4, 0.5) is 0 Å². The van der Waals surface area contributed by atoms with Crippen LogP contribution >= 0.6 is 23.4 Å². The Morgan fingerprint density at radius 2 is 1.78 bits per heavy atom. The normalized spacial score (nSPS) is 10.9. The van der Waals surface area contributed by atoms with Crippen LogP contribution in [0.3, 0.4) is 0 Å². The van der Waals surface area contributed by atoms with Gasteiger partial charge in [-0.15, -0.1) is 0 Å². The van der Waals surface area contributed by atoms with Crippen molar-refractivity contribution in [1.29, 1.82) is 0 Å². The molecule has 0 N–H and O–H groups in total. The van der Waals surface area contributed by atoms with E-state index in [1.54, 1.807) is 18.9 Å². The van der Waals surface area contributed by atoms with Crippen molar-refractivity contribution in [3.8, 4) is 17.4 Å². The highest BCUT2D eigenvalue weighted by Crippen LogP contribution is 2.30. The Bertz CT molecular complexity index is 918. The number of aromatic nitrogens is 2. The summed E-state index contributed by atoms with van der Waals surface area (Å²) in [6.45, 7) is 4.19. The van der Waals surface area contributed by atoms with Gasteiger partial charge >= 0.3 is 0 Å². The smallest absolute Gasteiger partial charge is 0.223 e. The molecule has 0 unspecified atom stereocenters. The van der Waals surface area contributed by atoms with Gasteiger partial charge < -0.3 is 9.47 Å². The van der Waals surface area contributed by atoms with E-state index in [0.29, 0.717) is 22.5 Å². The van der Waals surface area contributed by atoms with Crippen molar-refractivity contribution in [2.75, 3.05) is 7.11 Å². The lowest BCUT2D eigenvalue weighted by atomic mass is 10.1. The van der Waals surface area contributed by atoms with Crippen LogP contribution in [0.15, 0.2) is 59.8 Å². The first-order valence-corrected chi connectivity index (χ1v) is 9.98. The first kappa shape index (κ1) is 19.5. The summed E-state index contributed by atoms with van der Waals surface area (Å²) in [6, 6.07) is 17.1. The van der Waals surface area contributed by atoms with E-state index in [9.17, 15) is 0 Å².